The second-order valence-corrected chi connectivity index (χ2v) is 7.07. The second kappa shape index (κ2) is 7.73. The van der Waals surface area contributed by atoms with E-state index in [1.807, 2.05) is 30.3 Å². The molecule has 3 nitrogen and oxygen atoms in total. The minimum absolute atomic E-state index is 0.761. The van der Waals surface area contributed by atoms with Gasteiger partial charge in [0, 0.05) is 6.54 Å². The molecule has 0 N–H and O–H groups in total. The van der Waals surface area contributed by atoms with Crippen LogP contribution in [0, 0.1) is 13.8 Å². The van der Waals surface area contributed by atoms with E-state index in [2.05, 4.69) is 67.0 Å². The van der Waals surface area contributed by atoms with Gasteiger partial charge in [-0.3, -0.25) is 0 Å². The van der Waals surface area contributed by atoms with Crippen molar-refractivity contribution >= 4 is 23.2 Å². The summed E-state index contributed by atoms with van der Waals surface area (Å²) in [4.78, 5) is 4.91. The predicted molar refractivity (Wildman–Crippen MR) is 117 cm³/mol. The number of aromatic nitrogens is 2. The third-order valence-electron chi connectivity index (χ3n) is 5.12. The van der Waals surface area contributed by atoms with E-state index in [1.54, 1.807) is 7.11 Å². The van der Waals surface area contributed by atoms with E-state index in [1.165, 1.54) is 16.7 Å². The first-order valence-corrected chi connectivity index (χ1v) is 9.47. The van der Waals surface area contributed by atoms with E-state index >= 15 is 0 Å². The summed E-state index contributed by atoms with van der Waals surface area (Å²) in [6.07, 6.45) is 4.22. The highest BCUT2D eigenvalue weighted by Gasteiger charge is 2.11. The minimum atomic E-state index is 0.761. The third kappa shape index (κ3) is 3.70. The van der Waals surface area contributed by atoms with Gasteiger partial charge in [-0.1, -0.05) is 48.5 Å². The molecule has 140 valence electrons. The zero-order valence-corrected chi connectivity index (χ0v) is 16.5. The van der Waals surface area contributed by atoms with Crippen molar-refractivity contribution < 1.29 is 4.74 Å². The van der Waals surface area contributed by atoms with Crippen LogP contribution >= 0.6 is 0 Å². The number of benzene rings is 3. The summed E-state index contributed by atoms with van der Waals surface area (Å²) < 4.78 is 7.57. The van der Waals surface area contributed by atoms with Crippen LogP contribution in [-0.4, -0.2) is 16.7 Å². The van der Waals surface area contributed by atoms with Gasteiger partial charge in [0.15, 0.2) is 0 Å². The summed E-state index contributed by atoms with van der Waals surface area (Å²) in [7, 11) is 1.69. The van der Waals surface area contributed by atoms with Crippen LogP contribution < -0.4 is 4.74 Å². The molecule has 0 radical (unpaired) electrons. The van der Waals surface area contributed by atoms with Gasteiger partial charge >= 0.3 is 0 Å². The van der Waals surface area contributed by atoms with Crippen LogP contribution in [-0.2, 0) is 6.54 Å². The summed E-state index contributed by atoms with van der Waals surface area (Å²) in [5.74, 6) is 1.83. The van der Waals surface area contributed by atoms with Crippen molar-refractivity contribution in [2.75, 3.05) is 7.11 Å². The molecule has 1 heterocycles. The minimum Gasteiger partial charge on any atom is -0.497 e. The van der Waals surface area contributed by atoms with Crippen LogP contribution in [0.5, 0.6) is 5.75 Å². The normalized spacial score (nSPS) is 11.4. The highest BCUT2D eigenvalue weighted by atomic mass is 16.5. The maximum atomic E-state index is 5.28. The summed E-state index contributed by atoms with van der Waals surface area (Å²) >= 11 is 0. The van der Waals surface area contributed by atoms with Crippen LogP contribution in [0.2, 0.25) is 0 Å². The monoisotopic (exact) mass is 368 g/mol. The van der Waals surface area contributed by atoms with Crippen LogP contribution in [0.4, 0.5) is 0 Å². The van der Waals surface area contributed by atoms with E-state index in [9.17, 15) is 0 Å². The Bertz CT molecular complexity index is 1120. The van der Waals surface area contributed by atoms with Crippen molar-refractivity contribution in [3.63, 3.8) is 0 Å². The zero-order valence-electron chi connectivity index (χ0n) is 16.5. The molecule has 3 aromatic carbocycles. The quantitative estimate of drug-likeness (QED) is 0.440. The average molecular weight is 368 g/mol. The Morgan fingerprint density at radius 3 is 2.32 bits per heavy atom. The van der Waals surface area contributed by atoms with Crippen LogP contribution in [0.3, 0.4) is 0 Å². The van der Waals surface area contributed by atoms with Gasteiger partial charge in [-0.25, -0.2) is 4.98 Å². The molecule has 1 aromatic heterocycles. The molecule has 0 bridgehead atoms. The number of ether oxygens (including phenoxy) is 1. The zero-order chi connectivity index (χ0) is 19.5. The fraction of sp³-hybridized carbons (Fsp3) is 0.160. The maximum Gasteiger partial charge on any atom is 0.134 e. The standard InChI is InChI=1S/C25H24N2O/c1-18-15-23-24(16-19(18)2)27(17-21-9-12-22(28-3)13-10-21)25(26-23)14-11-20-7-5-4-6-8-20/h4-16H,17H2,1-3H3/b14-11+. The largest absolute Gasteiger partial charge is 0.497 e. The average Bonchev–Trinajstić information content (AvgIpc) is 3.04. The summed E-state index contributed by atoms with van der Waals surface area (Å²) in [6, 6.07) is 23.0. The molecule has 28 heavy (non-hydrogen) atoms. The van der Waals surface area contributed by atoms with E-state index < -0.39 is 0 Å². The maximum absolute atomic E-state index is 5.28. The molecule has 0 unspecified atom stereocenters. The Balaban J connectivity index is 1.78. The molecule has 0 aliphatic rings. The molecular formula is C25H24N2O. The topological polar surface area (TPSA) is 27.1 Å². The summed E-state index contributed by atoms with van der Waals surface area (Å²) in [6.45, 7) is 5.05. The summed E-state index contributed by atoms with van der Waals surface area (Å²) in [5, 5.41) is 0. The Morgan fingerprint density at radius 1 is 0.893 bits per heavy atom. The fourth-order valence-electron chi connectivity index (χ4n) is 3.34. The first-order chi connectivity index (χ1) is 13.6. The van der Waals surface area contributed by atoms with E-state index in [4.69, 9.17) is 9.72 Å². The van der Waals surface area contributed by atoms with Crippen LogP contribution in [0.1, 0.15) is 28.1 Å². The number of hydrogen-bond acceptors (Lipinski definition) is 2. The number of fused-ring (bicyclic) bond motifs is 1. The Morgan fingerprint density at radius 2 is 1.61 bits per heavy atom. The lowest BCUT2D eigenvalue weighted by atomic mass is 10.1. The number of imidazole rings is 1. The van der Waals surface area contributed by atoms with E-state index in [0.717, 1.165) is 34.7 Å². The van der Waals surface area contributed by atoms with Gasteiger partial charge in [-0.05, 0) is 66.4 Å². The first-order valence-electron chi connectivity index (χ1n) is 9.47. The Kier molecular flexibility index (Phi) is 4.98. The number of methoxy groups -OCH3 is 1. The molecule has 4 aromatic rings. The molecule has 0 amide bonds. The smallest absolute Gasteiger partial charge is 0.134 e. The number of nitrogens with zero attached hydrogens (tertiary/aromatic N) is 2. The number of hydrogen-bond donors (Lipinski definition) is 0. The van der Waals surface area contributed by atoms with Gasteiger partial charge in [0.25, 0.3) is 0 Å². The third-order valence-corrected chi connectivity index (χ3v) is 5.12. The van der Waals surface area contributed by atoms with E-state index in [0.29, 0.717) is 0 Å². The van der Waals surface area contributed by atoms with Gasteiger partial charge in [0.1, 0.15) is 11.6 Å². The molecule has 0 atom stereocenters. The highest BCUT2D eigenvalue weighted by molar-refractivity contribution is 5.81. The van der Waals surface area contributed by atoms with Gasteiger partial charge in [0.05, 0.1) is 18.1 Å². The number of rotatable bonds is 5. The molecule has 0 aliphatic heterocycles. The lowest BCUT2D eigenvalue weighted by Gasteiger charge is -2.09. The SMILES string of the molecule is COc1ccc(Cn2c(/C=C/c3ccccc3)nc3cc(C)c(C)cc32)cc1. The number of aryl methyl sites for hydroxylation is 2. The van der Waals surface area contributed by atoms with Gasteiger partial charge in [-0.2, -0.15) is 0 Å². The molecule has 4 rings (SSSR count). The van der Waals surface area contributed by atoms with Crippen molar-refractivity contribution in [1.82, 2.24) is 9.55 Å². The Labute approximate surface area is 165 Å². The van der Waals surface area contributed by atoms with Crippen molar-refractivity contribution in [2.24, 2.45) is 0 Å². The second-order valence-electron chi connectivity index (χ2n) is 7.07. The molecular weight excluding hydrogens is 344 g/mol. The summed E-state index contributed by atoms with van der Waals surface area (Å²) in [5.41, 5.74) is 7.11. The molecule has 0 saturated heterocycles. The molecule has 3 heteroatoms. The van der Waals surface area contributed by atoms with Gasteiger partial charge in [-0.15, -0.1) is 0 Å². The van der Waals surface area contributed by atoms with Gasteiger partial charge in [0.2, 0.25) is 0 Å². The predicted octanol–water partition coefficient (Wildman–Crippen LogP) is 5.88. The molecule has 0 aliphatic carbocycles. The lowest BCUT2D eigenvalue weighted by Crippen LogP contribution is -2.02. The lowest BCUT2D eigenvalue weighted by molar-refractivity contribution is 0.414. The van der Waals surface area contributed by atoms with Crippen LogP contribution in [0.15, 0.2) is 66.7 Å². The van der Waals surface area contributed by atoms with Gasteiger partial charge < -0.3 is 9.30 Å². The van der Waals surface area contributed by atoms with Crippen molar-refractivity contribution in [3.05, 3.63) is 94.8 Å². The van der Waals surface area contributed by atoms with Crippen molar-refractivity contribution in [1.29, 1.82) is 0 Å². The van der Waals surface area contributed by atoms with Crippen molar-refractivity contribution in [2.45, 2.75) is 20.4 Å². The Hall–Kier alpha value is -3.33. The molecule has 0 fully saturated rings. The van der Waals surface area contributed by atoms with Crippen molar-refractivity contribution in [3.8, 4) is 5.75 Å². The fourth-order valence-corrected chi connectivity index (χ4v) is 3.34. The van der Waals surface area contributed by atoms with Crippen LogP contribution in [0.25, 0.3) is 23.2 Å². The van der Waals surface area contributed by atoms with E-state index in [-0.39, 0.29) is 0 Å². The molecule has 0 saturated carbocycles. The molecule has 0 spiro atoms. The highest BCUT2D eigenvalue weighted by Crippen LogP contribution is 2.24. The first kappa shape index (κ1) is 18.1.